The van der Waals surface area contributed by atoms with Gasteiger partial charge in [-0.1, -0.05) is 35.9 Å². The second kappa shape index (κ2) is 11.1. The van der Waals surface area contributed by atoms with Crippen LogP contribution in [0, 0.1) is 0 Å². The molecule has 0 radical (unpaired) electrons. The zero-order valence-corrected chi connectivity index (χ0v) is 17.2. The molecule has 0 aliphatic carbocycles. The Morgan fingerprint density at radius 3 is 2.53 bits per heavy atom. The fourth-order valence-corrected chi connectivity index (χ4v) is 3.24. The van der Waals surface area contributed by atoms with Crippen LogP contribution in [0.25, 0.3) is 0 Å². The summed E-state index contributed by atoms with van der Waals surface area (Å²) in [6.45, 7) is 0.0941. The molecule has 30 heavy (non-hydrogen) atoms. The number of aliphatic hydroxyl groups is 3. The van der Waals surface area contributed by atoms with E-state index < -0.39 is 6.10 Å². The first kappa shape index (κ1) is 22.2. The Kier molecular flexibility index (Phi) is 8.19. The van der Waals surface area contributed by atoms with E-state index in [1.54, 1.807) is 36.5 Å². The van der Waals surface area contributed by atoms with Crippen molar-refractivity contribution in [2.45, 2.75) is 25.2 Å². The quantitative estimate of drug-likeness (QED) is 0.396. The predicted molar refractivity (Wildman–Crippen MR) is 116 cm³/mol. The average Bonchev–Trinajstić information content (AvgIpc) is 2.78. The zero-order valence-electron chi connectivity index (χ0n) is 16.4. The van der Waals surface area contributed by atoms with E-state index in [1.165, 1.54) is 0 Å². The highest BCUT2D eigenvalue weighted by molar-refractivity contribution is 6.30. The van der Waals surface area contributed by atoms with E-state index in [2.05, 4.69) is 10.3 Å². The number of halogens is 1. The summed E-state index contributed by atoms with van der Waals surface area (Å²) in [5, 5.41) is 33.2. The summed E-state index contributed by atoms with van der Waals surface area (Å²) in [6, 6.07) is 17.8. The third-order valence-electron chi connectivity index (χ3n) is 4.69. The Morgan fingerprint density at radius 1 is 1.03 bits per heavy atom. The molecule has 0 unspecified atom stereocenters. The van der Waals surface area contributed by atoms with Crippen molar-refractivity contribution in [1.29, 1.82) is 0 Å². The van der Waals surface area contributed by atoms with Gasteiger partial charge in [-0.3, -0.25) is 0 Å². The van der Waals surface area contributed by atoms with Gasteiger partial charge in [0.1, 0.15) is 5.75 Å². The molecule has 6 nitrogen and oxygen atoms in total. The fourth-order valence-electron chi connectivity index (χ4n) is 3.04. The van der Waals surface area contributed by atoms with Crippen molar-refractivity contribution in [1.82, 2.24) is 10.3 Å². The number of aromatic nitrogens is 1. The molecular weight excluding hydrogens is 404 g/mol. The van der Waals surface area contributed by atoms with Gasteiger partial charge >= 0.3 is 0 Å². The van der Waals surface area contributed by atoms with E-state index in [4.69, 9.17) is 16.3 Å². The number of hydrogen-bond acceptors (Lipinski definition) is 6. The first-order valence-electron chi connectivity index (χ1n) is 9.68. The molecule has 3 aromatic rings. The summed E-state index contributed by atoms with van der Waals surface area (Å²) in [6.07, 6.45) is 1.48. The molecule has 0 aliphatic rings. The SMILES string of the molecule is OCc1cccnc1Oc1ccc(C[C@@H](CO)NC[C@H](O)c2cccc(Cl)c2)cc1. The number of nitrogens with one attached hydrogen (secondary N) is 1. The van der Waals surface area contributed by atoms with Crippen molar-refractivity contribution in [3.63, 3.8) is 0 Å². The number of rotatable bonds is 10. The van der Waals surface area contributed by atoms with Gasteiger partial charge in [0.25, 0.3) is 0 Å². The van der Waals surface area contributed by atoms with Crippen LogP contribution in [0.5, 0.6) is 11.6 Å². The molecule has 0 saturated heterocycles. The lowest BCUT2D eigenvalue weighted by Gasteiger charge is -2.19. The summed E-state index contributed by atoms with van der Waals surface area (Å²) in [5.41, 5.74) is 2.35. The molecule has 0 amide bonds. The summed E-state index contributed by atoms with van der Waals surface area (Å²) in [5.74, 6) is 0.981. The lowest BCUT2D eigenvalue weighted by Crippen LogP contribution is -2.37. The highest BCUT2D eigenvalue weighted by atomic mass is 35.5. The Bertz CT molecular complexity index is 936. The number of aliphatic hydroxyl groups excluding tert-OH is 3. The molecule has 0 spiro atoms. The molecule has 0 bridgehead atoms. The van der Waals surface area contributed by atoms with E-state index in [0.29, 0.717) is 35.2 Å². The van der Waals surface area contributed by atoms with Crippen LogP contribution < -0.4 is 10.1 Å². The van der Waals surface area contributed by atoms with E-state index in [9.17, 15) is 15.3 Å². The third kappa shape index (κ3) is 6.26. The topological polar surface area (TPSA) is 94.8 Å². The van der Waals surface area contributed by atoms with E-state index >= 15 is 0 Å². The van der Waals surface area contributed by atoms with Gasteiger partial charge in [0, 0.05) is 29.4 Å². The van der Waals surface area contributed by atoms with Gasteiger partial charge in [0.15, 0.2) is 0 Å². The third-order valence-corrected chi connectivity index (χ3v) is 4.93. The second-order valence-electron chi connectivity index (χ2n) is 6.93. The molecule has 158 valence electrons. The first-order valence-corrected chi connectivity index (χ1v) is 10.1. The van der Waals surface area contributed by atoms with E-state index in [-0.39, 0.29) is 19.3 Å². The maximum absolute atomic E-state index is 10.3. The van der Waals surface area contributed by atoms with Crippen molar-refractivity contribution in [2.24, 2.45) is 0 Å². The molecule has 4 N–H and O–H groups in total. The molecule has 2 atom stereocenters. The Balaban J connectivity index is 1.55. The Morgan fingerprint density at radius 2 is 1.83 bits per heavy atom. The van der Waals surface area contributed by atoms with Gasteiger partial charge in [0.05, 0.1) is 19.3 Å². The van der Waals surface area contributed by atoms with Crippen molar-refractivity contribution in [2.75, 3.05) is 13.2 Å². The van der Waals surface area contributed by atoms with Crippen molar-refractivity contribution in [3.8, 4) is 11.6 Å². The second-order valence-corrected chi connectivity index (χ2v) is 7.37. The van der Waals surface area contributed by atoms with Gasteiger partial charge in [-0.15, -0.1) is 0 Å². The number of nitrogens with zero attached hydrogens (tertiary/aromatic N) is 1. The molecule has 0 saturated carbocycles. The largest absolute Gasteiger partial charge is 0.439 e. The number of benzene rings is 2. The normalized spacial score (nSPS) is 13.1. The van der Waals surface area contributed by atoms with Crippen LogP contribution in [0.1, 0.15) is 22.8 Å². The zero-order chi connectivity index (χ0) is 21.3. The number of pyridine rings is 1. The van der Waals surface area contributed by atoms with Crippen molar-refractivity contribution < 1.29 is 20.1 Å². The van der Waals surface area contributed by atoms with Crippen LogP contribution in [-0.2, 0) is 13.0 Å². The molecule has 2 aromatic carbocycles. The maximum atomic E-state index is 10.3. The van der Waals surface area contributed by atoms with Gasteiger partial charge in [-0.05, 0) is 53.9 Å². The molecule has 0 fully saturated rings. The minimum Gasteiger partial charge on any atom is -0.439 e. The minimum atomic E-state index is -0.715. The summed E-state index contributed by atoms with van der Waals surface area (Å²) in [4.78, 5) is 4.14. The van der Waals surface area contributed by atoms with Gasteiger partial charge in [0.2, 0.25) is 5.88 Å². The Hall–Kier alpha value is -2.48. The molecule has 1 aromatic heterocycles. The first-order chi connectivity index (χ1) is 14.6. The van der Waals surface area contributed by atoms with Gasteiger partial charge in [-0.2, -0.15) is 0 Å². The van der Waals surface area contributed by atoms with E-state index in [1.807, 2.05) is 30.3 Å². The van der Waals surface area contributed by atoms with Gasteiger partial charge < -0.3 is 25.4 Å². The molecule has 1 heterocycles. The highest BCUT2D eigenvalue weighted by Crippen LogP contribution is 2.23. The molecule has 3 rings (SSSR count). The Labute approximate surface area is 180 Å². The lowest BCUT2D eigenvalue weighted by atomic mass is 10.1. The molecule has 7 heteroatoms. The predicted octanol–water partition coefficient (Wildman–Crippen LogP) is 3.25. The summed E-state index contributed by atoms with van der Waals surface area (Å²) < 4.78 is 5.74. The van der Waals surface area contributed by atoms with Crippen molar-refractivity contribution in [3.05, 3.63) is 88.6 Å². The number of ether oxygens (including phenoxy) is 1. The minimum absolute atomic E-state index is 0.0612. The summed E-state index contributed by atoms with van der Waals surface area (Å²) >= 11 is 5.97. The molecule has 0 aliphatic heterocycles. The van der Waals surface area contributed by atoms with E-state index in [0.717, 1.165) is 11.1 Å². The number of hydrogen-bond donors (Lipinski definition) is 4. The smallest absolute Gasteiger partial charge is 0.224 e. The standard InChI is InChI=1S/C23H25ClN2O4/c24-19-5-1-3-17(12-19)22(29)13-26-20(15-28)11-16-6-8-21(9-7-16)30-23-18(14-27)4-2-10-25-23/h1-10,12,20,22,26-29H,11,13-15H2/t20-,22-/m0/s1. The van der Waals surface area contributed by atoms with Crippen LogP contribution in [0.4, 0.5) is 0 Å². The fraction of sp³-hybridized carbons (Fsp3) is 0.261. The molecular formula is C23H25ClN2O4. The van der Waals surface area contributed by atoms with Crippen LogP contribution in [0.15, 0.2) is 66.9 Å². The average molecular weight is 429 g/mol. The van der Waals surface area contributed by atoms with Crippen LogP contribution in [-0.4, -0.2) is 39.5 Å². The van der Waals surface area contributed by atoms with Crippen LogP contribution >= 0.6 is 11.6 Å². The lowest BCUT2D eigenvalue weighted by molar-refractivity contribution is 0.158. The van der Waals surface area contributed by atoms with Crippen LogP contribution in [0.2, 0.25) is 5.02 Å². The van der Waals surface area contributed by atoms with Gasteiger partial charge in [-0.25, -0.2) is 4.98 Å². The summed E-state index contributed by atoms with van der Waals surface area (Å²) in [7, 11) is 0. The van der Waals surface area contributed by atoms with Crippen molar-refractivity contribution >= 4 is 11.6 Å². The van der Waals surface area contributed by atoms with Crippen LogP contribution in [0.3, 0.4) is 0 Å². The monoisotopic (exact) mass is 428 g/mol. The highest BCUT2D eigenvalue weighted by Gasteiger charge is 2.13. The maximum Gasteiger partial charge on any atom is 0.224 e.